The van der Waals surface area contributed by atoms with Crippen molar-refractivity contribution in [2.24, 2.45) is 0 Å². The lowest BCUT2D eigenvalue weighted by atomic mass is 10.1. The molecular weight excluding hydrogens is 368 g/mol. The highest BCUT2D eigenvalue weighted by molar-refractivity contribution is 6.30. The Morgan fingerprint density at radius 3 is 2.36 bits per heavy atom. The number of fused-ring (bicyclic) bond motifs is 1. The first-order valence-electron chi connectivity index (χ1n) is 9.31. The Kier molecular flexibility index (Phi) is 5.45. The molecule has 0 aliphatic heterocycles. The van der Waals surface area contributed by atoms with E-state index >= 15 is 0 Å². The van der Waals surface area contributed by atoms with Crippen LogP contribution in [0.25, 0.3) is 10.9 Å². The maximum atomic E-state index is 12.5. The number of carbonyl (C=O) groups is 1. The van der Waals surface area contributed by atoms with Crippen molar-refractivity contribution in [3.05, 3.63) is 107 Å². The first-order valence-corrected chi connectivity index (χ1v) is 9.68. The molecule has 0 atom stereocenters. The molecule has 0 aliphatic carbocycles. The average molecular weight is 389 g/mol. The fourth-order valence-electron chi connectivity index (χ4n) is 3.41. The number of hydrogen-bond donors (Lipinski definition) is 1. The molecule has 0 radical (unpaired) electrons. The molecule has 0 saturated carbocycles. The Bertz CT molecular complexity index is 1080. The van der Waals surface area contributed by atoms with Gasteiger partial charge in [0.15, 0.2) is 0 Å². The summed E-state index contributed by atoms with van der Waals surface area (Å²) in [6.45, 7) is 1.28. The van der Waals surface area contributed by atoms with Crippen LogP contribution in [0, 0.1) is 0 Å². The van der Waals surface area contributed by atoms with Gasteiger partial charge in [0.05, 0.1) is 6.42 Å². The Morgan fingerprint density at radius 2 is 1.57 bits per heavy atom. The van der Waals surface area contributed by atoms with Crippen LogP contribution in [-0.4, -0.2) is 10.5 Å². The van der Waals surface area contributed by atoms with Crippen molar-refractivity contribution in [2.75, 3.05) is 0 Å². The molecule has 0 bridgehead atoms. The maximum absolute atomic E-state index is 12.5. The minimum atomic E-state index is 0.0262. The van der Waals surface area contributed by atoms with Crippen LogP contribution in [-0.2, 0) is 24.3 Å². The second-order valence-corrected chi connectivity index (χ2v) is 7.30. The zero-order chi connectivity index (χ0) is 19.3. The van der Waals surface area contributed by atoms with Gasteiger partial charge in [-0.2, -0.15) is 0 Å². The zero-order valence-corrected chi connectivity index (χ0v) is 16.2. The molecule has 4 aromatic rings. The lowest BCUT2D eigenvalue weighted by Crippen LogP contribution is -2.24. The highest BCUT2D eigenvalue weighted by Crippen LogP contribution is 2.23. The van der Waals surface area contributed by atoms with E-state index in [1.54, 1.807) is 0 Å². The summed E-state index contributed by atoms with van der Waals surface area (Å²) in [7, 11) is 0. The number of aromatic nitrogens is 1. The maximum Gasteiger partial charge on any atom is 0.224 e. The van der Waals surface area contributed by atoms with Crippen LogP contribution in [0.2, 0.25) is 5.02 Å². The number of halogens is 1. The molecule has 4 rings (SSSR count). The first-order chi connectivity index (χ1) is 13.7. The average Bonchev–Trinajstić information content (AvgIpc) is 3.06. The molecule has 140 valence electrons. The summed E-state index contributed by atoms with van der Waals surface area (Å²) in [5.74, 6) is 0.0262. The lowest BCUT2D eigenvalue weighted by Gasteiger charge is -2.05. The van der Waals surface area contributed by atoms with Gasteiger partial charge in [0, 0.05) is 35.2 Å². The molecule has 1 heterocycles. The van der Waals surface area contributed by atoms with Crippen LogP contribution in [0.5, 0.6) is 0 Å². The van der Waals surface area contributed by atoms with Gasteiger partial charge in [0.25, 0.3) is 0 Å². The molecule has 0 unspecified atom stereocenters. The molecule has 1 N–H and O–H groups in total. The normalized spacial score (nSPS) is 10.9. The quantitative estimate of drug-likeness (QED) is 0.484. The fraction of sp³-hybridized carbons (Fsp3) is 0.125. The lowest BCUT2D eigenvalue weighted by molar-refractivity contribution is -0.120. The summed E-state index contributed by atoms with van der Waals surface area (Å²) in [6, 6.07) is 26.0. The van der Waals surface area contributed by atoms with Crippen LogP contribution in [0.3, 0.4) is 0 Å². The van der Waals surface area contributed by atoms with Crippen molar-refractivity contribution in [3.8, 4) is 0 Å². The van der Waals surface area contributed by atoms with E-state index in [4.69, 9.17) is 11.6 Å². The summed E-state index contributed by atoms with van der Waals surface area (Å²) in [4.78, 5) is 12.5. The molecule has 0 fully saturated rings. The van der Waals surface area contributed by atoms with Crippen molar-refractivity contribution in [3.63, 3.8) is 0 Å². The minimum absolute atomic E-state index is 0.0262. The van der Waals surface area contributed by atoms with Crippen molar-refractivity contribution >= 4 is 28.4 Å². The van der Waals surface area contributed by atoms with Crippen molar-refractivity contribution < 1.29 is 4.79 Å². The van der Waals surface area contributed by atoms with E-state index in [0.717, 1.165) is 33.6 Å². The summed E-state index contributed by atoms with van der Waals surface area (Å²) >= 11 is 5.99. The van der Waals surface area contributed by atoms with Gasteiger partial charge in [-0.1, -0.05) is 72.3 Å². The van der Waals surface area contributed by atoms with Gasteiger partial charge in [0.2, 0.25) is 5.91 Å². The summed E-state index contributed by atoms with van der Waals surface area (Å²) in [6.07, 6.45) is 2.45. The number of benzene rings is 3. The third-order valence-electron chi connectivity index (χ3n) is 4.82. The second-order valence-electron chi connectivity index (χ2n) is 6.86. The van der Waals surface area contributed by atoms with Crippen molar-refractivity contribution in [1.29, 1.82) is 0 Å². The molecule has 1 amide bonds. The molecule has 0 aliphatic rings. The molecular formula is C24H21ClN2O. The van der Waals surface area contributed by atoms with Gasteiger partial charge < -0.3 is 9.88 Å². The van der Waals surface area contributed by atoms with E-state index < -0.39 is 0 Å². The summed E-state index contributed by atoms with van der Waals surface area (Å²) in [5, 5.41) is 4.86. The molecule has 0 saturated heterocycles. The highest BCUT2D eigenvalue weighted by Gasteiger charge is 2.12. The standard InChI is InChI=1S/C24H21ClN2O/c25-21-12-10-19(11-13-21)16-27-17-20(22-8-4-5-9-23(22)27)14-24(28)26-15-18-6-2-1-3-7-18/h1-13,17H,14-16H2,(H,26,28). The van der Waals surface area contributed by atoms with Crippen molar-refractivity contribution in [2.45, 2.75) is 19.5 Å². The van der Waals surface area contributed by atoms with E-state index in [0.29, 0.717) is 13.0 Å². The molecule has 3 aromatic carbocycles. The van der Waals surface area contributed by atoms with Crippen molar-refractivity contribution in [1.82, 2.24) is 9.88 Å². The number of para-hydroxylation sites is 1. The Morgan fingerprint density at radius 1 is 0.857 bits per heavy atom. The predicted molar refractivity (Wildman–Crippen MR) is 114 cm³/mol. The van der Waals surface area contributed by atoms with E-state index in [1.165, 1.54) is 5.56 Å². The van der Waals surface area contributed by atoms with E-state index in [1.807, 2.05) is 66.7 Å². The fourth-order valence-corrected chi connectivity index (χ4v) is 3.54. The van der Waals surface area contributed by atoms with Gasteiger partial charge in [0.1, 0.15) is 0 Å². The number of nitrogens with one attached hydrogen (secondary N) is 1. The number of rotatable bonds is 6. The minimum Gasteiger partial charge on any atom is -0.352 e. The van der Waals surface area contributed by atoms with E-state index in [9.17, 15) is 4.79 Å². The first kappa shape index (κ1) is 18.3. The van der Waals surface area contributed by atoms with E-state index in [2.05, 4.69) is 28.2 Å². The number of nitrogens with zero attached hydrogens (tertiary/aromatic N) is 1. The van der Waals surface area contributed by atoms with Gasteiger partial charge >= 0.3 is 0 Å². The van der Waals surface area contributed by atoms with Gasteiger partial charge in [-0.05, 0) is 34.9 Å². The number of hydrogen-bond acceptors (Lipinski definition) is 1. The van der Waals surface area contributed by atoms with Crippen LogP contribution >= 0.6 is 11.6 Å². The van der Waals surface area contributed by atoms with Crippen LogP contribution in [0.15, 0.2) is 85.1 Å². The zero-order valence-electron chi connectivity index (χ0n) is 15.4. The number of carbonyl (C=O) groups excluding carboxylic acids is 1. The van der Waals surface area contributed by atoms with Gasteiger partial charge in [-0.25, -0.2) is 0 Å². The van der Waals surface area contributed by atoms with Crippen LogP contribution < -0.4 is 5.32 Å². The monoisotopic (exact) mass is 388 g/mol. The SMILES string of the molecule is O=C(Cc1cn(Cc2ccc(Cl)cc2)c2ccccc12)NCc1ccccc1. The van der Waals surface area contributed by atoms with Gasteiger partial charge in [-0.3, -0.25) is 4.79 Å². The Labute approximate surface area is 169 Å². The summed E-state index contributed by atoms with van der Waals surface area (Å²) < 4.78 is 2.19. The topological polar surface area (TPSA) is 34.0 Å². The predicted octanol–water partition coefficient (Wildman–Crippen LogP) is 5.20. The summed E-state index contributed by atoms with van der Waals surface area (Å²) in [5.41, 5.74) is 4.43. The molecule has 3 nitrogen and oxygen atoms in total. The molecule has 1 aromatic heterocycles. The Balaban J connectivity index is 1.52. The smallest absolute Gasteiger partial charge is 0.224 e. The third kappa shape index (κ3) is 4.26. The molecule has 28 heavy (non-hydrogen) atoms. The van der Waals surface area contributed by atoms with Crippen LogP contribution in [0.1, 0.15) is 16.7 Å². The van der Waals surface area contributed by atoms with Crippen LogP contribution in [0.4, 0.5) is 0 Å². The molecule has 0 spiro atoms. The second kappa shape index (κ2) is 8.32. The third-order valence-corrected chi connectivity index (χ3v) is 5.07. The van der Waals surface area contributed by atoms with Gasteiger partial charge in [-0.15, -0.1) is 0 Å². The Hall–Kier alpha value is -3.04. The largest absolute Gasteiger partial charge is 0.352 e. The van der Waals surface area contributed by atoms with E-state index in [-0.39, 0.29) is 5.91 Å². The molecule has 4 heteroatoms. The highest BCUT2D eigenvalue weighted by atomic mass is 35.5. The number of amides is 1.